The lowest BCUT2D eigenvalue weighted by atomic mass is 9.93. The van der Waals surface area contributed by atoms with E-state index in [0.29, 0.717) is 56.6 Å². The topological polar surface area (TPSA) is 141 Å². The zero-order valence-electron chi connectivity index (χ0n) is 20.1. The molecule has 3 aromatic rings. The van der Waals surface area contributed by atoms with Gasteiger partial charge in [-0.3, -0.25) is 4.79 Å². The maximum Gasteiger partial charge on any atom is 0.251 e. The van der Waals surface area contributed by atoms with E-state index >= 15 is 0 Å². The zero-order valence-corrected chi connectivity index (χ0v) is 21.0. The summed E-state index contributed by atoms with van der Waals surface area (Å²) in [6, 6.07) is 5.72. The number of hydrogen-bond acceptors (Lipinski definition) is 10. The lowest BCUT2D eigenvalue weighted by Gasteiger charge is -2.33. The van der Waals surface area contributed by atoms with E-state index < -0.39 is 6.10 Å². The number of likely N-dealkylation sites (tertiary alicyclic amines) is 1. The number of nitriles is 1. The van der Waals surface area contributed by atoms with Crippen molar-refractivity contribution in [3.8, 4) is 17.6 Å². The molecule has 1 saturated heterocycles. The molecule has 188 valence electrons. The van der Waals surface area contributed by atoms with Crippen LogP contribution < -0.4 is 15.2 Å². The van der Waals surface area contributed by atoms with Gasteiger partial charge in [-0.15, -0.1) is 0 Å². The third-order valence-corrected chi connectivity index (χ3v) is 7.76. The summed E-state index contributed by atoms with van der Waals surface area (Å²) in [6.07, 6.45) is 3.77. The molecule has 4 heterocycles. The van der Waals surface area contributed by atoms with Crippen molar-refractivity contribution in [1.29, 1.82) is 5.26 Å². The first kappa shape index (κ1) is 24.1. The molecule has 1 atom stereocenters. The van der Waals surface area contributed by atoms with Crippen molar-refractivity contribution < 1.29 is 19.0 Å². The fourth-order valence-corrected chi connectivity index (χ4v) is 5.52. The van der Waals surface area contributed by atoms with Gasteiger partial charge in [0.25, 0.3) is 5.91 Å². The van der Waals surface area contributed by atoms with E-state index in [-0.39, 0.29) is 12.7 Å². The van der Waals surface area contributed by atoms with Gasteiger partial charge >= 0.3 is 0 Å². The molecular formula is C24H27N7O4S. The van der Waals surface area contributed by atoms with Gasteiger partial charge in [-0.1, -0.05) is 11.8 Å². The molecule has 0 bridgehead atoms. The summed E-state index contributed by atoms with van der Waals surface area (Å²) < 4.78 is 18.1. The molecule has 0 aliphatic carbocycles. The van der Waals surface area contributed by atoms with Gasteiger partial charge in [-0.05, 0) is 38.2 Å². The predicted octanol–water partition coefficient (Wildman–Crippen LogP) is 2.82. The monoisotopic (exact) mass is 509 g/mol. The van der Waals surface area contributed by atoms with Gasteiger partial charge in [-0.2, -0.15) is 5.26 Å². The number of methoxy groups -OCH3 is 1. The minimum atomic E-state index is -0.418. The Morgan fingerprint density at radius 2 is 2.06 bits per heavy atom. The molecule has 11 nitrogen and oxygen atoms in total. The summed E-state index contributed by atoms with van der Waals surface area (Å²) in [4.78, 5) is 28.3. The summed E-state index contributed by atoms with van der Waals surface area (Å²) in [5.41, 5.74) is 7.78. The van der Waals surface area contributed by atoms with Gasteiger partial charge < -0.3 is 29.4 Å². The lowest BCUT2D eigenvalue weighted by Crippen LogP contribution is -2.43. The number of fused-ring (bicyclic) bond motifs is 2. The highest BCUT2D eigenvalue weighted by molar-refractivity contribution is 7.99. The lowest BCUT2D eigenvalue weighted by molar-refractivity contribution is -0.142. The van der Waals surface area contributed by atoms with Crippen LogP contribution in [0.3, 0.4) is 0 Å². The molecule has 12 heteroatoms. The Labute approximate surface area is 212 Å². The van der Waals surface area contributed by atoms with E-state index in [4.69, 9.17) is 24.9 Å². The number of carbonyl (C=O) groups is 1. The highest BCUT2D eigenvalue weighted by atomic mass is 32.2. The number of rotatable bonds is 7. The van der Waals surface area contributed by atoms with Crippen molar-refractivity contribution in [1.82, 2.24) is 24.4 Å². The highest BCUT2D eigenvalue weighted by Gasteiger charge is 2.27. The average molecular weight is 510 g/mol. The number of piperidine rings is 1. The van der Waals surface area contributed by atoms with Crippen LogP contribution in [0.1, 0.15) is 31.7 Å². The van der Waals surface area contributed by atoms with E-state index in [0.717, 1.165) is 32.4 Å². The Morgan fingerprint density at radius 3 is 2.78 bits per heavy atom. The number of hydrogen-bond donors (Lipinski definition) is 1. The van der Waals surface area contributed by atoms with Crippen molar-refractivity contribution >= 4 is 34.7 Å². The summed E-state index contributed by atoms with van der Waals surface area (Å²) in [7, 11) is 1.56. The van der Waals surface area contributed by atoms with E-state index in [2.05, 4.69) is 16.0 Å². The van der Waals surface area contributed by atoms with Crippen LogP contribution in [0.5, 0.6) is 11.5 Å². The van der Waals surface area contributed by atoms with Gasteiger partial charge in [-0.25, -0.2) is 15.0 Å². The van der Waals surface area contributed by atoms with Crippen LogP contribution in [0.4, 0.5) is 5.82 Å². The van der Waals surface area contributed by atoms with Gasteiger partial charge in [0, 0.05) is 37.7 Å². The SMILES string of the molecule is CO[C@H](C)C(=O)N1CCC(CCn2c(Sc3cc4c(cc3C#N)OCO4)nc3c(N)ncnc32)CC1. The van der Waals surface area contributed by atoms with Crippen molar-refractivity contribution in [2.24, 2.45) is 5.92 Å². The molecule has 0 saturated carbocycles. The highest BCUT2D eigenvalue weighted by Crippen LogP contribution is 2.41. The second kappa shape index (κ2) is 10.2. The molecule has 2 aliphatic rings. The van der Waals surface area contributed by atoms with Crippen molar-refractivity contribution in [2.45, 2.75) is 48.9 Å². The fourth-order valence-electron chi connectivity index (χ4n) is 4.52. The molecule has 2 aliphatic heterocycles. The molecule has 36 heavy (non-hydrogen) atoms. The number of benzene rings is 1. The van der Waals surface area contributed by atoms with E-state index in [9.17, 15) is 10.1 Å². The van der Waals surface area contributed by atoms with Gasteiger partial charge in [0.1, 0.15) is 18.5 Å². The molecule has 0 spiro atoms. The Balaban J connectivity index is 1.36. The molecule has 2 aromatic heterocycles. The Kier molecular flexibility index (Phi) is 6.84. The number of ether oxygens (including phenoxy) is 3. The molecule has 1 fully saturated rings. The largest absolute Gasteiger partial charge is 0.454 e. The number of imidazole rings is 1. The normalized spacial score (nSPS) is 16.3. The first-order valence-electron chi connectivity index (χ1n) is 11.8. The maximum atomic E-state index is 12.4. The van der Waals surface area contributed by atoms with Crippen LogP contribution in [0.25, 0.3) is 11.2 Å². The molecule has 2 N–H and O–H groups in total. The number of nitrogens with zero attached hydrogens (tertiary/aromatic N) is 6. The first-order valence-corrected chi connectivity index (χ1v) is 12.6. The zero-order chi connectivity index (χ0) is 25.2. The standard InChI is InChI=1S/C24H27N7O4S/c1-14(33-2)23(32)30-6-3-15(4-7-30)5-8-31-22-20(21(26)27-12-28-22)29-24(31)36-19-10-18-17(34-13-35-18)9-16(19)11-25/h9-10,12,14-15H,3-8,13H2,1-2H3,(H2,26,27,28)/t14-/m1/s1. The van der Waals surface area contributed by atoms with Gasteiger partial charge in [0.15, 0.2) is 33.6 Å². The third kappa shape index (κ3) is 4.64. The minimum Gasteiger partial charge on any atom is -0.454 e. The van der Waals surface area contributed by atoms with Crippen LogP contribution in [-0.4, -0.2) is 63.4 Å². The molecule has 0 radical (unpaired) electrons. The smallest absolute Gasteiger partial charge is 0.251 e. The first-order chi connectivity index (χ1) is 17.5. The van der Waals surface area contributed by atoms with E-state index in [1.54, 1.807) is 26.2 Å². The summed E-state index contributed by atoms with van der Waals surface area (Å²) in [6.45, 7) is 4.04. The number of aryl methyl sites for hydroxylation is 1. The summed E-state index contributed by atoms with van der Waals surface area (Å²) in [5.74, 6) is 1.97. The number of carbonyl (C=O) groups excluding carboxylic acids is 1. The Bertz CT molecular complexity index is 1330. The molecule has 5 rings (SSSR count). The van der Waals surface area contributed by atoms with Crippen LogP contribution in [-0.2, 0) is 16.1 Å². The molecule has 1 aromatic carbocycles. The van der Waals surface area contributed by atoms with Crippen LogP contribution in [0.15, 0.2) is 28.5 Å². The minimum absolute atomic E-state index is 0.0411. The van der Waals surface area contributed by atoms with Crippen LogP contribution >= 0.6 is 11.8 Å². The van der Waals surface area contributed by atoms with Crippen molar-refractivity contribution in [3.05, 3.63) is 24.0 Å². The van der Waals surface area contributed by atoms with Crippen molar-refractivity contribution in [2.75, 3.05) is 32.7 Å². The molecule has 1 amide bonds. The molecule has 0 unspecified atom stereocenters. The van der Waals surface area contributed by atoms with Crippen LogP contribution in [0, 0.1) is 17.2 Å². The van der Waals surface area contributed by atoms with E-state index in [1.807, 2.05) is 9.47 Å². The summed E-state index contributed by atoms with van der Waals surface area (Å²) in [5, 5.41) is 10.4. The Morgan fingerprint density at radius 1 is 1.31 bits per heavy atom. The fraction of sp³-hybridized carbons (Fsp3) is 0.458. The number of nitrogen functional groups attached to an aromatic ring is 1. The second-order valence-electron chi connectivity index (χ2n) is 8.83. The van der Waals surface area contributed by atoms with Crippen LogP contribution in [0.2, 0.25) is 0 Å². The molecular weight excluding hydrogens is 482 g/mol. The summed E-state index contributed by atoms with van der Waals surface area (Å²) >= 11 is 1.37. The van der Waals surface area contributed by atoms with E-state index in [1.165, 1.54) is 18.1 Å². The van der Waals surface area contributed by atoms with Gasteiger partial charge in [0.2, 0.25) is 6.79 Å². The quantitative estimate of drug-likeness (QED) is 0.505. The number of amides is 1. The third-order valence-electron chi connectivity index (χ3n) is 6.71. The van der Waals surface area contributed by atoms with Gasteiger partial charge in [0.05, 0.1) is 5.56 Å². The number of nitrogens with two attached hydrogens (primary N) is 1. The van der Waals surface area contributed by atoms with Crippen molar-refractivity contribution in [3.63, 3.8) is 0 Å². The number of anilines is 1. The number of aromatic nitrogens is 4. The maximum absolute atomic E-state index is 12.4. The average Bonchev–Trinajstić information content (AvgIpc) is 3.50. The predicted molar refractivity (Wildman–Crippen MR) is 132 cm³/mol. The Hall–Kier alpha value is -3.56. The second-order valence-corrected chi connectivity index (χ2v) is 9.84.